The maximum atomic E-state index is 3.24. The molecule has 0 N–H and O–H groups in total. The highest BCUT2D eigenvalue weighted by molar-refractivity contribution is 5.33. The van der Waals surface area contributed by atoms with Crippen molar-refractivity contribution < 1.29 is 0 Å². The molecule has 0 fully saturated rings. The van der Waals surface area contributed by atoms with Gasteiger partial charge in [-0.05, 0) is 32.1 Å². The topological polar surface area (TPSA) is 3.24 Å². The molecule has 0 unspecified atom stereocenters. The molecule has 0 amide bonds. The normalized spacial score (nSPS) is 10.3. The molecule has 1 rings (SSSR count). The van der Waals surface area contributed by atoms with E-state index in [1.807, 2.05) is 18.2 Å². The fourth-order valence-corrected chi connectivity index (χ4v) is 2.04. The molecule has 1 aromatic carbocycles. The Hall–Kier alpha value is -1.26. The third-order valence-corrected chi connectivity index (χ3v) is 3.25. The Kier molecular flexibility index (Phi) is 8.85. The van der Waals surface area contributed by atoms with E-state index < -0.39 is 0 Å². The lowest BCUT2D eigenvalue weighted by molar-refractivity contribution is 0.361. The summed E-state index contributed by atoms with van der Waals surface area (Å²) in [5, 5.41) is 0. The zero-order valence-electron chi connectivity index (χ0n) is 12.5. The quantitative estimate of drug-likeness (QED) is 0.495. The molecule has 0 radical (unpaired) electrons. The minimum Gasteiger partial charge on any atom is -0.295 e. The first-order valence-electron chi connectivity index (χ1n) is 7.55. The number of hydrogen-bond donors (Lipinski definition) is 0. The number of unbranched alkanes of at least 4 members (excludes halogenated alkanes) is 5. The molecule has 0 spiro atoms. The molecular weight excluding hydrogens is 230 g/mol. The van der Waals surface area contributed by atoms with Crippen LogP contribution in [-0.4, -0.2) is 25.0 Å². The van der Waals surface area contributed by atoms with E-state index >= 15 is 0 Å². The van der Waals surface area contributed by atoms with E-state index in [4.69, 9.17) is 0 Å². The van der Waals surface area contributed by atoms with E-state index in [1.165, 1.54) is 38.5 Å². The summed E-state index contributed by atoms with van der Waals surface area (Å²) in [5.74, 6) is 6.44. The van der Waals surface area contributed by atoms with Crippen LogP contribution in [0.2, 0.25) is 0 Å². The fraction of sp³-hybridized carbons (Fsp3) is 0.556. The summed E-state index contributed by atoms with van der Waals surface area (Å²) in [7, 11) is 2.16. The van der Waals surface area contributed by atoms with Crippen molar-refractivity contribution in [1.29, 1.82) is 0 Å². The third-order valence-electron chi connectivity index (χ3n) is 3.25. The second-order valence-electron chi connectivity index (χ2n) is 5.17. The van der Waals surface area contributed by atoms with Gasteiger partial charge in [0, 0.05) is 5.56 Å². The molecular formula is C18H27N. The number of rotatable bonds is 8. The smallest absolute Gasteiger partial charge is 0.0602 e. The molecule has 0 saturated heterocycles. The molecule has 0 aliphatic carbocycles. The van der Waals surface area contributed by atoms with Crippen molar-refractivity contribution in [2.75, 3.05) is 20.1 Å². The van der Waals surface area contributed by atoms with E-state index in [9.17, 15) is 0 Å². The van der Waals surface area contributed by atoms with Crippen LogP contribution in [0.25, 0.3) is 0 Å². The zero-order valence-corrected chi connectivity index (χ0v) is 12.5. The van der Waals surface area contributed by atoms with Gasteiger partial charge in [-0.2, -0.15) is 0 Å². The van der Waals surface area contributed by atoms with Gasteiger partial charge in [-0.25, -0.2) is 0 Å². The molecule has 0 aliphatic heterocycles. The van der Waals surface area contributed by atoms with Crippen LogP contribution >= 0.6 is 0 Å². The van der Waals surface area contributed by atoms with Gasteiger partial charge in [0.2, 0.25) is 0 Å². The SMILES string of the molecule is CCCCCCCCN(C)CC#Cc1ccccc1. The number of hydrogen-bond acceptors (Lipinski definition) is 1. The highest BCUT2D eigenvalue weighted by atomic mass is 15.1. The lowest BCUT2D eigenvalue weighted by atomic mass is 10.1. The van der Waals surface area contributed by atoms with E-state index in [0.717, 1.165) is 18.7 Å². The predicted molar refractivity (Wildman–Crippen MR) is 84.2 cm³/mol. The van der Waals surface area contributed by atoms with Crippen molar-refractivity contribution >= 4 is 0 Å². The molecule has 0 atom stereocenters. The third kappa shape index (κ3) is 8.46. The van der Waals surface area contributed by atoms with E-state index in [2.05, 4.69) is 42.8 Å². The van der Waals surface area contributed by atoms with Crippen LogP contribution in [0, 0.1) is 11.8 Å². The minimum absolute atomic E-state index is 0.865. The molecule has 1 heteroatoms. The summed E-state index contributed by atoms with van der Waals surface area (Å²) in [6.07, 6.45) is 8.16. The number of nitrogens with zero attached hydrogens (tertiary/aromatic N) is 1. The second kappa shape index (κ2) is 10.6. The van der Waals surface area contributed by atoms with Gasteiger partial charge in [-0.3, -0.25) is 4.90 Å². The summed E-state index contributed by atoms with van der Waals surface area (Å²) >= 11 is 0. The summed E-state index contributed by atoms with van der Waals surface area (Å²) in [4.78, 5) is 2.32. The van der Waals surface area contributed by atoms with Gasteiger partial charge in [0.25, 0.3) is 0 Å². The van der Waals surface area contributed by atoms with Gasteiger partial charge in [-0.15, -0.1) is 0 Å². The summed E-state index contributed by atoms with van der Waals surface area (Å²) < 4.78 is 0. The van der Waals surface area contributed by atoms with Crippen molar-refractivity contribution in [3.8, 4) is 11.8 Å². The average molecular weight is 257 g/mol. The van der Waals surface area contributed by atoms with E-state index in [1.54, 1.807) is 0 Å². The van der Waals surface area contributed by atoms with Crippen LogP contribution in [0.1, 0.15) is 51.0 Å². The van der Waals surface area contributed by atoms with Crippen molar-refractivity contribution in [3.05, 3.63) is 35.9 Å². The highest BCUT2D eigenvalue weighted by Gasteiger charge is 1.95. The van der Waals surface area contributed by atoms with Crippen LogP contribution in [0.15, 0.2) is 30.3 Å². The maximum absolute atomic E-state index is 3.24. The van der Waals surface area contributed by atoms with E-state index in [0.29, 0.717) is 0 Å². The van der Waals surface area contributed by atoms with Gasteiger partial charge < -0.3 is 0 Å². The molecule has 19 heavy (non-hydrogen) atoms. The second-order valence-corrected chi connectivity index (χ2v) is 5.17. The molecule has 104 valence electrons. The standard InChI is InChI=1S/C18H27N/c1-3-4-5-6-7-11-16-19(2)17-12-15-18-13-9-8-10-14-18/h8-10,13-14H,3-7,11,16-17H2,1-2H3. The number of benzene rings is 1. The highest BCUT2D eigenvalue weighted by Crippen LogP contribution is 2.05. The van der Waals surface area contributed by atoms with Crippen LogP contribution in [-0.2, 0) is 0 Å². The first-order valence-corrected chi connectivity index (χ1v) is 7.55. The summed E-state index contributed by atoms with van der Waals surface area (Å²) in [6, 6.07) is 10.2. The molecule has 0 aromatic heterocycles. The first-order chi connectivity index (χ1) is 9.33. The van der Waals surface area contributed by atoms with Crippen molar-refractivity contribution in [2.45, 2.75) is 45.4 Å². The maximum Gasteiger partial charge on any atom is 0.0602 e. The monoisotopic (exact) mass is 257 g/mol. The van der Waals surface area contributed by atoms with Crippen molar-refractivity contribution in [2.24, 2.45) is 0 Å². The largest absolute Gasteiger partial charge is 0.295 e. The Morgan fingerprint density at radius 2 is 1.63 bits per heavy atom. The molecule has 0 bridgehead atoms. The van der Waals surface area contributed by atoms with E-state index in [-0.39, 0.29) is 0 Å². The van der Waals surface area contributed by atoms with Gasteiger partial charge >= 0.3 is 0 Å². The average Bonchev–Trinajstić information content (AvgIpc) is 2.44. The minimum atomic E-state index is 0.865. The Balaban J connectivity index is 2.08. The molecule has 0 aliphatic rings. The van der Waals surface area contributed by atoms with Crippen LogP contribution in [0.3, 0.4) is 0 Å². The zero-order chi connectivity index (χ0) is 13.8. The predicted octanol–water partition coefficient (Wildman–Crippen LogP) is 4.33. The van der Waals surface area contributed by atoms with Gasteiger partial charge in [0.15, 0.2) is 0 Å². The molecule has 1 nitrogen and oxygen atoms in total. The first kappa shape index (κ1) is 15.8. The Morgan fingerprint density at radius 3 is 2.37 bits per heavy atom. The van der Waals surface area contributed by atoms with Crippen molar-refractivity contribution in [3.63, 3.8) is 0 Å². The molecule has 0 saturated carbocycles. The van der Waals surface area contributed by atoms with Gasteiger partial charge in [-0.1, -0.05) is 69.1 Å². The van der Waals surface area contributed by atoms with Gasteiger partial charge in [0.1, 0.15) is 0 Å². The van der Waals surface area contributed by atoms with Crippen LogP contribution < -0.4 is 0 Å². The molecule has 0 heterocycles. The van der Waals surface area contributed by atoms with Crippen molar-refractivity contribution in [1.82, 2.24) is 4.90 Å². The summed E-state index contributed by atoms with van der Waals surface area (Å²) in [6.45, 7) is 4.29. The Morgan fingerprint density at radius 1 is 0.947 bits per heavy atom. The van der Waals surface area contributed by atoms with Gasteiger partial charge in [0.05, 0.1) is 6.54 Å². The summed E-state index contributed by atoms with van der Waals surface area (Å²) in [5.41, 5.74) is 1.11. The lowest BCUT2D eigenvalue weighted by Gasteiger charge is -2.12. The molecule has 1 aromatic rings. The van der Waals surface area contributed by atoms with Crippen LogP contribution in [0.4, 0.5) is 0 Å². The van der Waals surface area contributed by atoms with Crippen LogP contribution in [0.5, 0.6) is 0 Å². The Labute approximate surface area is 119 Å². The lowest BCUT2D eigenvalue weighted by Crippen LogP contribution is -2.19. The fourth-order valence-electron chi connectivity index (χ4n) is 2.04. The Bertz CT molecular complexity index is 372.